The van der Waals surface area contributed by atoms with E-state index >= 15 is 0 Å². The number of nitrogens with one attached hydrogen (secondary N) is 3. The number of rotatable bonds is 6. The van der Waals surface area contributed by atoms with Gasteiger partial charge in [0.05, 0.1) is 10.7 Å². The van der Waals surface area contributed by atoms with Crippen molar-refractivity contribution in [2.24, 2.45) is 0 Å². The minimum Gasteiger partial charge on any atom is -0.487 e. The first-order valence-corrected chi connectivity index (χ1v) is 10.6. The lowest BCUT2D eigenvalue weighted by Gasteiger charge is -2.09. The van der Waals surface area contributed by atoms with Crippen LogP contribution in [0.15, 0.2) is 79.1 Å². The van der Waals surface area contributed by atoms with E-state index in [0.29, 0.717) is 16.5 Å². The molecule has 0 aliphatic rings. The third-order valence-corrected chi connectivity index (χ3v) is 5.44. The molecule has 0 saturated carbocycles. The normalized spacial score (nSPS) is 11.0. The molecule has 0 aliphatic carbocycles. The molecule has 0 spiro atoms. The second kappa shape index (κ2) is 8.80. The average molecular weight is 461 g/mol. The van der Waals surface area contributed by atoms with Crippen LogP contribution < -0.4 is 20.8 Å². The number of nitrogen functional groups attached to an aromatic ring is 1. The van der Waals surface area contributed by atoms with E-state index < -0.39 is 0 Å². The second-order valence-corrected chi connectivity index (χ2v) is 7.94. The van der Waals surface area contributed by atoms with E-state index in [-0.39, 0.29) is 12.4 Å². The van der Waals surface area contributed by atoms with Crippen molar-refractivity contribution in [3.63, 3.8) is 0 Å². The predicted octanol–water partition coefficient (Wildman–Crippen LogP) is 5.74. The van der Waals surface area contributed by atoms with Crippen LogP contribution in [-0.2, 0) is 6.61 Å². The number of fused-ring (bicyclic) bond motifs is 1. The van der Waals surface area contributed by atoms with Crippen LogP contribution in [0.2, 0.25) is 5.02 Å². The number of nitrogens with two attached hydrogens (primary N) is 1. The van der Waals surface area contributed by atoms with Crippen molar-refractivity contribution in [3.8, 4) is 17.0 Å². The molecule has 0 aliphatic heterocycles. The number of ether oxygens (including phenoxy) is 1. The average Bonchev–Trinajstić information content (AvgIpc) is 3.24. The summed E-state index contributed by atoms with van der Waals surface area (Å²) < 4.78 is 19.1. The van der Waals surface area contributed by atoms with E-state index in [1.54, 1.807) is 30.6 Å². The Morgan fingerprint density at radius 1 is 1.06 bits per heavy atom. The van der Waals surface area contributed by atoms with Crippen molar-refractivity contribution in [1.82, 2.24) is 9.97 Å². The maximum Gasteiger partial charge on any atom is 0.251 e. The number of nitrogens with zero attached hydrogens (tertiary/aromatic N) is 1. The van der Waals surface area contributed by atoms with Gasteiger partial charge in [0.25, 0.3) is 5.82 Å². The molecule has 2 aromatic heterocycles. The SMILES string of the molecule is Nc1cccc(-c2cc3nc[nH+]c(Nc4ccc(OCc5cccc(F)c5)c(Cl)c4)c3[nH]2)c1. The van der Waals surface area contributed by atoms with Gasteiger partial charge in [-0.2, -0.15) is 0 Å². The van der Waals surface area contributed by atoms with Crippen LogP contribution >= 0.6 is 11.6 Å². The zero-order valence-corrected chi connectivity index (χ0v) is 18.2. The van der Waals surface area contributed by atoms with Crippen LogP contribution in [0.25, 0.3) is 22.3 Å². The van der Waals surface area contributed by atoms with Crippen molar-refractivity contribution in [1.29, 1.82) is 0 Å². The molecule has 8 heteroatoms. The summed E-state index contributed by atoms with van der Waals surface area (Å²) in [4.78, 5) is 10.9. The highest BCUT2D eigenvalue weighted by Gasteiger charge is 2.15. The number of anilines is 3. The summed E-state index contributed by atoms with van der Waals surface area (Å²) in [6.45, 7) is 0.220. The number of benzene rings is 3. The molecule has 0 saturated heterocycles. The standard InChI is InChI=1S/C25H19ClFN5O/c26-20-11-19(7-8-23(20)33-13-15-3-1-5-17(27)9-15)31-25-24-22(29-14-30-25)12-21(32-24)16-4-2-6-18(28)10-16/h1-12,14,32H,13,28H2,(H,29,30,31)/p+1. The largest absolute Gasteiger partial charge is 0.487 e. The number of H-pyrrole nitrogens is 2. The Kier molecular flexibility index (Phi) is 5.54. The molecule has 0 atom stereocenters. The van der Waals surface area contributed by atoms with Crippen molar-refractivity contribution < 1.29 is 14.1 Å². The Balaban J connectivity index is 1.36. The highest BCUT2D eigenvalue weighted by molar-refractivity contribution is 6.32. The minimum atomic E-state index is -0.301. The lowest BCUT2D eigenvalue weighted by molar-refractivity contribution is -0.363. The number of hydrogen-bond donors (Lipinski definition) is 3. The molecule has 0 fully saturated rings. The first kappa shape index (κ1) is 20.8. The Morgan fingerprint density at radius 2 is 1.94 bits per heavy atom. The van der Waals surface area contributed by atoms with Crippen molar-refractivity contribution in [2.75, 3.05) is 11.1 Å². The maximum atomic E-state index is 13.4. The highest BCUT2D eigenvalue weighted by Crippen LogP contribution is 2.31. The van der Waals surface area contributed by atoms with Gasteiger partial charge in [-0.25, -0.2) is 9.37 Å². The Morgan fingerprint density at radius 3 is 2.76 bits per heavy atom. The molecular formula is C25H20ClFN5O+. The van der Waals surface area contributed by atoms with Gasteiger partial charge in [-0.15, -0.1) is 4.98 Å². The molecule has 5 N–H and O–H groups in total. The van der Waals surface area contributed by atoms with Gasteiger partial charge in [0.1, 0.15) is 18.2 Å². The topological polar surface area (TPSA) is 90.1 Å². The number of hydrogen-bond acceptors (Lipinski definition) is 4. The van der Waals surface area contributed by atoms with Gasteiger partial charge in [0.2, 0.25) is 6.33 Å². The maximum absolute atomic E-state index is 13.4. The molecule has 164 valence electrons. The summed E-state index contributed by atoms with van der Waals surface area (Å²) in [5, 5.41) is 3.77. The van der Waals surface area contributed by atoms with E-state index in [0.717, 1.165) is 39.4 Å². The smallest absolute Gasteiger partial charge is 0.251 e. The quantitative estimate of drug-likeness (QED) is 0.282. The zero-order valence-electron chi connectivity index (χ0n) is 17.4. The van der Waals surface area contributed by atoms with Crippen molar-refractivity contribution in [2.45, 2.75) is 6.61 Å². The number of halogens is 2. The molecule has 2 heterocycles. The fourth-order valence-corrected chi connectivity index (χ4v) is 3.80. The summed E-state index contributed by atoms with van der Waals surface area (Å²) in [5.74, 6) is 0.948. The van der Waals surface area contributed by atoms with Gasteiger partial charge in [-0.1, -0.05) is 35.9 Å². The summed E-state index contributed by atoms with van der Waals surface area (Å²) in [5.41, 5.74) is 11.6. The zero-order chi connectivity index (χ0) is 22.8. The molecule has 0 bridgehead atoms. The Bertz CT molecular complexity index is 1450. The molecule has 0 radical (unpaired) electrons. The van der Waals surface area contributed by atoms with Crippen LogP contribution in [0.4, 0.5) is 21.6 Å². The molecule has 0 unspecified atom stereocenters. The van der Waals surface area contributed by atoms with E-state index in [9.17, 15) is 4.39 Å². The summed E-state index contributed by atoms with van der Waals surface area (Å²) >= 11 is 6.43. The number of aromatic amines is 2. The van der Waals surface area contributed by atoms with Crippen LogP contribution in [0.1, 0.15) is 5.56 Å². The second-order valence-electron chi connectivity index (χ2n) is 7.54. The molecular weight excluding hydrogens is 441 g/mol. The van der Waals surface area contributed by atoms with Gasteiger partial charge in [0.15, 0.2) is 11.0 Å². The van der Waals surface area contributed by atoms with Crippen LogP contribution in [0.5, 0.6) is 5.75 Å². The first-order chi connectivity index (χ1) is 16.0. The Hall–Kier alpha value is -4.10. The molecule has 33 heavy (non-hydrogen) atoms. The fourth-order valence-electron chi connectivity index (χ4n) is 3.56. The van der Waals surface area contributed by atoms with Gasteiger partial charge in [-0.3, -0.25) is 5.32 Å². The lowest BCUT2D eigenvalue weighted by atomic mass is 10.1. The summed E-state index contributed by atoms with van der Waals surface area (Å²) in [6, 6.07) is 21.3. The molecule has 5 aromatic rings. The van der Waals surface area contributed by atoms with Crippen molar-refractivity contribution >= 4 is 39.8 Å². The van der Waals surface area contributed by atoms with Gasteiger partial charge >= 0.3 is 0 Å². The molecule has 5 rings (SSSR count). The van der Waals surface area contributed by atoms with E-state index in [1.165, 1.54) is 12.1 Å². The number of aromatic nitrogens is 3. The van der Waals surface area contributed by atoms with Crippen LogP contribution in [0, 0.1) is 5.82 Å². The predicted molar refractivity (Wildman–Crippen MR) is 128 cm³/mol. The molecule has 0 amide bonds. The van der Waals surface area contributed by atoms with Crippen LogP contribution in [-0.4, -0.2) is 9.97 Å². The van der Waals surface area contributed by atoms with Gasteiger partial charge in [-0.05, 0) is 48.0 Å². The van der Waals surface area contributed by atoms with Crippen LogP contribution in [0.3, 0.4) is 0 Å². The third-order valence-electron chi connectivity index (χ3n) is 5.14. The third kappa shape index (κ3) is 4.58. The van der Waals surface area contributed by atoms with E-state index in [1.807, 2.05) is 36.4 Å². The van der Waals surface area contributed by atoms with E-state index in [2.05, 4.69) is 20.3 Å². The summed E-state index contributed by atoms with van der Waals surface area (Å²) in [6.07, 6.45) is 1.62. The minimum absolute atomic E-state index is 0.220. The molecule has 6 nitrogen and oxygen atoms in total. The highest BCUT2D eigenvalue weighted by atomic mass is 35.5. The monoisotopic (exact) mass is 460 g/mol. The van der Waals surface area contributed by atoms with Gasteiger partial charge < -0.3 is 15.5 Å². The van der Waals surface area contributed by atoms with E-state index in [4.69, 9.17) is 22.1 Å². The Labute approximate surface area is 194 Å². The lowest BCUT2D eigenvalue weighted by Crippen LogP contribution is -2.11. The molecule has 3 aromatic carbocycles. The van der Waals surface area contributed by atoms with Gasteiger partial charge in [0, 0.05) is 23.0 Å². The fraction of sp³-hybridized carbons (Fsp3) is 0.0400. The summed E-state index contributed by atoms with van der Waals surface area (Å²) in [7, 11) is 0. The first-order valence-electron chi connectivity index (χ1n) is 10.2. The van der Waals surface area contributed by atoms with Crippen molar-refractivity contribution in [3.05, 3.63) is 95.5 Å².